The molecule has 2 atom stereocenters. The average molecular weight is 297 g/mol. The molecule has 0 saturated heterocycles. The summed E-state index contributed by atoms with van der Waals surface area (Å²) in [4.78, 5) is 0. The number of hydrogen-bond acceptors (Lipinski definition) is 2. The smallest absolute Gasteiger partial charge is 0.387 e. The molecule has 2 nitrogen and oxygen atoms in total. The van der Waals surface area contributed by atoms with Crippen molar-refractivity contribution in [1.82, 2.24) is 5.32 Å². The molecule has 1 N–H and O–H groups in total. The molecule has 2 unspecified atom stereocenters. The Morgan fingerprint density at radius 1 is 1.19 bits per heavy atom. The Morgan fingerprint density at radius 3 is 2.43 bits per heavy atom. The first-order valence-corrected chi connectivity index (χ1v) is 7.81. The zero-order valence-electron chi connectivity index (χ0n) is 12.8. The van der Waals surface area contributed by atoms with Crippen molar-refractivity contribution in [2.24, 2.45) is 11.8 Å². The monoisotopic (exact) mass is 297 g/mol. The van der Waals surface area contributed by atoms with E-state index in [1.807, 2.05) is 12.1 Å². The molecule has 0 aromatic heterocycles. The second-order valence-corrected chi connectivity index (χ2v) is 6.19. The number of benzene rings is 1. The Bertz CT molecular complexity index is 417. The highest BCUT2D eigenvalue weighted by molar-refractivity contribution is 5.27. The number of ether oxygens (including phenoxy) is 1. The first kappa shape index (κ1) is 16.2. The summed E-state index contributed by atoms with van der Waals surface area (Å²) in [5, 5.41) is 3.59. The molecule has 0 aliphatic heterocycles. The summed E-state index contributed by atoms with van der Waals surface area (Å²) in [6, 6.07) is 7.40. The van der Waals surface area contributed by atoms with Gasteiger partial charge in [-0.05, 0) is 68.7 Å². The normalized spacial score (nSPS) is 17.8. The van der Waals surface area contributed by atoms with Crippen molar-refractivity contribution in [3.8, 4) is 5.75 Å². The summed E-state index contributed by atoms with van der Waals surface area (Å²) in [5.74, 6) is 1.93. The SMILES string of the molecule is CC(CCc1ccc(OC(F)F)cc1)NCC(C)C1CC1. The maximum atomic E-state index is 12.1. The van der Waals surface area contributed by atoms with E-state index in [9.17, 15) is 8.78 Å². The van der Waals surface area contributed by atoms with Crippen molar-refractivity contribution in [3.05, 3.63) is 29.8 Å². The first-order valence-electron chi connectivity index (χ1n) is 7.81. The van der Waals surface area contributed by atoms with Crippen LogP contribution < -0.4 is 10.1 Å². The molecule has 4 heteroatoms. The largest absolute Gasteiger partial charge is 0.435 e. The van der Waals surface area contributed by atoms with Gasteiger partial charge in [0, 0.05) is 6.04 Å². The fraction of sp³-hybridized carbons (Fsp3) is 0.647. The lowest BCUT2D eigenvalue weighted by molar-refractivity contribution is -0.0498. The van der Waals surface area contributed by atoms with Gasteiger partial charge in [-0.25, -0.2) is 0 Å². The lowest BCUT2D eigenvalue weighted by Crippen LogP contribution is -2.31. The molecule has 1 saturated carbocycles. The number of hydrogen-bond donors (Lipinski definition) is 1. The maximum Gasteiger partial charge on any atom is 0.387 e. The van der Waals surface area contributed by atoms with Crippen LogP contribution in [0.4, 0.5) is 8.78 Å². The molecule has 1 aromatic carbocycles. The fourth-order valence-electron chi connectivity index (χ4n) is 2.54. The Hall–Kier alpha value is -1.16. The maximum absolute atomic E-state index is 12.1. The highest BCUT2D eigenvalue weighted by Gasteiger charge is 2.27. The quantitative estimate of drug-likeness (QED) is 0.736. The van der Waals surface area contributed by atoms with Crippen LogP contribution in [0.1, 0.15) is 38.7 Å². The van der Waals surface area contributed by atoms with E-state index in [2.05, 4.69) is 23.9 Å². The molecular formula is C17H25F2NO. The standard InChI is InChI=1S/C17H25F2NO/c1-12(15-7-8-15)11-20-13(2)3-4-14-5-9-16(10-6-14)21-17(18)19/h5-6,9-10,12-13,15,17,20H,3-4,7-8,11H2,1-2H3. The Morgan fingerprint density at radius 2 is 1.86 bits per heavy atom. The molecule has 21 heavy (non-hydrogen) atoms. The second kappa shape index (κ2) is 7.74. The summed E-state index contributed by atoms with van der Waals surface area (Å²) in [6.07, 6.45) is 4.78. The summed E-state index contributed by atoms with van der Waals surface area (Å²) < 4.78 is 28.5. The van der Waals surface area contributed by atoms with Crippen molar-refractivity contribution in [2.45, 2.75) is 52.2 Å². The van der Waals surface area contributed by atoms with Crippen LogP contribution in [0.2, 0.25) is 0 Å². The second-order valence-electron chi connectivity index (χ2n) is 6.19. The van der Waals surface area contributed by atoms with Crippen LogP contribution in [0, 0.1) is 11.8 Å². The number of nitrogens with one attached hydrogen (secondary N) is 1. The summed E-state index contributed by atoms with van der Waals surface area (Å²) in [6.45, 7) is 2.86. The van der Waals surface area contributed by atoms with E-state index in [1.54, 1.807) is 12.1 Å². The van der Waals surface area contributed by atoms with E-state index >= 15 is 0 Å². The van der Waals surface area contributed by atoms with Crippen molar-refractivity contribution >= 4 is 0 Å². The summed E-state index contributed by atoms with van der Waals surface area (Å²) in [5.41, 5.74) is 1.15. The molecule has 1 aliphatic rings. The predicted molar refractivity (Wildman–Crippen MR) is 80.7 cm³/mol. The third kappa shape index (κ3) is 6.00. The fourth-order valence-corrected chi connectivity index (χ4v) is 2.54. The summed E-state index contributed by atoms with van der Waals surface area (Å²) >= 11 is 0. The molecule has 2 rings (SSSR count). The molecule has 0 amide bonds. The Balaban J connectivity index is 1.66. The van der Waals surface area contributed by atoms with E-state index in [1.165, 1.54) is 12.8 Å². The van der Waals surface area contributed by atoms with Crippen LogP contribution in [-0.2, 0) is 6.42 Å². The van der Waals surface area contributed by atoms with Crippen molar-refractivity contribution in [2.75, 3.05) is 6.54 Å². The highest BCUT2D eigenvalue weighted by Crippen LogP contribution is 2.36. The van der Waals surface area contributed by atoms with Crippen LogP contribution in [0.5, 0.6) is 5.75 Å². The van der Waals surface area contributed by atoms with E-state index in [4.69, 9.17) is 0 Å². The number of alkyl halides is 2. The van der Waals surface area contributed by atoms with Gasteiger partial charge in [0.25, 0.3) is 0 Å². The minimum Gasteiger partial charge on any atom is -0.435 e. The van der Waals surface area contributed by atoms with Crippen LogP contribution in [-0.4, -0.2) is 19.2 Å². The zero-order chi connectivity index (χ0) is 15.2. The van der Waals surface area contributed by atoms with E-state index in [0.717, 1.165) is 36.8 Å². The van der Waals surface area contributed by atoms with Gasteiger partial charge in [-0.1, -0.05) is 19.1 Å². The van der Waals surface area contributed by atoms with Gasteiger partial charge in [0.1, 0.15) is 5.75 Å². The molecule has 118 valence electrons. The first-order chi connectivity index (χ1) is 10.0. The molecule has 1 aromatic rings. The van der Waals surface area contributed by atoms with Crippen LogP contribution in [0.25, 0.3) is 0 Å². The molecule has 0 radical (unpaired) electrons. The van der Waals surface area contributed by atoms with Gasteiger partial charge >= 0.3 is 6.61 Å². The van der Waals surface area contributed by atoms with Gasteiger partial charge in [-0.3, -0.25) is 0 Å². The number of halogens is 2. The van der Waals surface area contributed by atoms with Gasteiger partial charge in [-0.15, -0.1) is 0 Å². The lowest BCUT2D eigenvalue weighted by Gasteiger charge is -2.17. The third-order valence-corrected chi connectivity index (χ3v) is 4.23. The molecule has 0 spiro atoms. The van der Waals surface area contributed by atoms with E-state index in [-0.39, 0.29) is 5.75 Å². The van der Waals surface area contributed by atoms with Gasteiger partial charge in [0.2, 0.25) is 0 Å². The number of rotatable bonds is 9. The predicted octanol–water partition coefficient (Wildman–Crippen LogP) is 4.24. The van der Waals surface area contributed by atoms with Crippen molar-refractivity contribution in [1.29, 1.82) is 0 Å². The number of aryl methyl sites for hydroxylation is 1. The molecule has 1 aliphatic carbocycles. The highest BCUT2D eigenvalue weighted by atomic mass is 19.3. The zero-order valence-corrected chi connectivity index (χ0v) is 12.8. The van der Waals surface area contributed by atoms with Crippen LogP contribution in [0.3, 0.4) is 0 Å². The molecule has 0 bridgehead atoms. The minimum absolute atomic E-state index is 0.221. The molecular weight excluding hydrogens is 272 g/mol. The van der Waals surface area contributed by atoms with E-state index in [0.29, 0.717) is 6.04 Å². The van der Waals surface area contributed by atoms with Crippen LogP contribution >= 0.6 is 0 Å². The van der Waals surface area contributed by atoms with Crippen molar-refractivity contribution in [3.63, 3.8) is 0 Å². The third-order valence-electron chi connectivity index (χ3n) is 4.23. The average Bonchev–Trinajstić information content (AvgIpc) is 3.28. The van der Waals surface area contributed by atoms with Gasteiger partial charge < -0.3 is 10.1 Å². The molecule has 0 heterocycles. The van der Waals surface area contributed by atoms with Gasteiger partial charge in [0.15, 0.2) is 0 Å². The molecule has 1 fully saturated rings. The lowest BCUT2D eigenvalue weighted by atomic mass is 10.0. The topological polar surface area (TPSA) is 21.3 Å². The Kier molecular flexibility index (Phi) is 5.97. The van der Waals surface area contributed by atoms with E-state index < -0.39 is 6.61 Å². The minimum atomic E-state index is -2.76. The van der Waals surface area contributed by atoms with Crippen molar-refractivity contribution < 1.29 is 13.5 Å². The Labute approximate surface area is 125 Å². The van der Waals surface area contributed by atoms with Gasteiger partial charge in [-0.2, -0.15) is 8.78 Å². The van der Waals surface area contributed by atoms with Gasteiger partial charge in [0.05, 0.1) is 0 Å². The van der Waals surface area contributed by atoms with Crippen LogP contribution in [0.15, 0.2) is 24.3 Å². The summed E-state index contributed by atoms with van der Waals surface area (Å²) in [7, 11) is 0.